The van der Waals surface area contributed by atoms with E-state index in [2.05, 4.69) is 0 Å². The first kappa shape index (κ1) is 29.8. The number of fused-ring (bicyclic) bond motifs is 1. The Balaban J connectivity index is 1.38. The average Bonchev–Trinajstić information content (AvgIpc) is 3.74. The van der Waals surface area contributed by atoms with E-state index in [0.717, 1.165) is 12.8 Å². The summed E-state index contributed by atoms with van der Waals surface area (Å²) in [6, 6.07) is 10.4. The zero-order valence-corrected chi connectivity index (χ0v) is 25.7. The summed E-state index contributed by atoms with van der Waals surface area (Å²) in [7, 11) is -2.43. The highest BCUT2D eigenvalue weighted by Gasteiger charge is 2.48. The van der Waals surface area contributed by atoms with Gasteiger partial charge in [-0.25, -0.2) is 8.42 Å². The normalized spacial score (nSPS) is 19.9. The summed E-state index contributed by atoms with van der Waals surface area (Å²) in [4.78, 5) is 14.0. The van der Waals surface area contributed by atoms with Crippen molar-refractivity contribution in [1.82, 2.24) is 4.31 Å². The minimum Gasteiger partial charge on any atom is -0.619 e. The fourth-order valence-electron chi connectivity index (χ4n) is 6.02. The smallest absolute Gasteiger partial charge is 0.325 e. The maximum atomic E-state index is 13.9. The van der Waals surface area contributed by atoms with Gasteiger partial charge < -0.3 is 24.2 Å². The van der Waals surface area contributed by atoms with E-state index in [1.165, 1.54) is 35.9 Å². The molecule has 228 valence electrons. The van der Waals surface area contributed by atoms with Crippen LogP contribution in [0.25, 0.3) is 0 Å². The molecule has 0 unspecified atom stereocenters. The number of carbonyl (C=O) groups excluding carboxylic acids is 1. The third kappa shape index (κ3) is 5.59. The molecule has 0 radical (unpaired) electrons. The van der Waals surface area contributed by atoms with E-state index < -0.39 is 33.9 Å². The number of nitrogens with zero attached hydrogens (tertiary/aromatic N) is 2. The Kier molecular flexibility index (Phi) is 8.10. The Morgan fingerprint density at radius 1 is 1.07 bits per heavy atom. The van der Waals surface area contributed by atoms with E-state index in [9.17, 15) is 18.4 Å². The Bertz CT molecular complexity index is 1620. The van der Waals surface area contributed by atoms with Crippen molar-refractivity contribution in [1.29, 1.82) is 0 Å². The zero-order valence-electron chi connectivity index (χ0n) is 23.3. The average molecular weight is 650 g/mol. The number of ether oxygens (including phenoxy) is 4. The number of aromatic nitrogens is 1. The first-order valence-electron chi connectivity index (χ1n) is 14.0. The summed E-state index contributed by atoms with van der Waals surface area (Å²) in [5, 5.41) is 12.1. The summed E-state index contributed by atoms with van der Waals surface area (Å²) in [6.07, 6.45) is 5.31. The molecular formula is C30H30Cl2N2O8S. The molecule has 3 heterocycles. The minimum atomic E-state index is -3.95. The van der Waals surface area contributed by atoms with E-state index in [4.69, 9.17) is 42.1 Å². The SMILES string of the molecule is COc1ccc([C@H](Cc2c(Cl)c[n+]([O-])cc2Cl)OC(=O)[C@@H]2CCCN2S(=O)(=O)c2ccccc2)c2c1OC1(CCCC1)O2. The van der Waals surface area contributed by atoms with Crippen molar-refractivity contribution < 1.29 is 36.9 Å². The number of hydrogen-bond acceptors (Lipinski definition) is 8. The number of sulfonamides is 1. The van der Waals surface area contributed by atoms with Gasteiger partial charge >= 0.3 is 5.97 Å². The van der Waals surface area contributed by atoms with Crippen LogP contribution in [0, 0.1) is 5.21 Å². The second-order valence-corrected chi connectivity index (χ2v) is 13.6. The van der Waals surface area contributed by atoms with Crippen molar-refractivity contribution in [3.05, 3.63) is 81.2 Å². The monoisotopic (exact) mass is 648 g/mol. The maximum absolute atomic E-state index is 13.9. The summed E-state index contributed by atoms with van der Waals surface area (Å²) in [6.45, 7) is 0.179. The third-order valence-electron chi connectivity index (χ3n) is 8.15. The standard InChI is InChI=1S/C30H30Cl2N2O8S/c1-39-25-12-11-20(27-28(25)42-30(41-27)13-5-6-14-30)26(16-21-22(31)17-33(36)18-23(21)32)40-29(35)24-10-7-15-34(24)43(37,38)19-8-3-2-4-9-19/h2-4,8-9,11-12,17-18,24,26H,5-7,10,13-16H2,1H3/t24-,26-/m0/s1. The van der Waals surface area contributed by atoms with E-state index in [-0.39, 0.29) is 27.9 Å². The van der Waals surface area contributed by atoms with Gasteiger partial charge in [0.1, 0.15) is 22.2 Å². The largest absolute Gasteiger partial charge is 0.619 e. The Hall–Kier alpha value is -3.25. The van der Waals surface area contributed by atoms with Crippen LogP contribution < -0.4 is 18.9 Å². The molecule has 2 atom stereocenters. The van der Waals surface area contributed by atoms with Gasteiger partial charge in [0, 0.05) is 36.9 Å². The molecule has 0 amide bonds. The molecule has 1 saturated heterocycles. The molecule has 1 spiro atoms. The second-order valence-electron chi connectivity index (χ2n) is 10.8. The van der Waals surface area contributed by atoms with Gasteiger partial charge in [-0.15, -0.1) is 0 Å². The highest BCUT2D eigenvalue weighted by molar-refractivity contribution is 7.89. The van der Waals surface area contributed by atoms with Crippen LogP contribution in [0.1, 0.15) is 55.8 Å². The molecule has 2 fully saturated rings. The molecule has 1 aliphatic carbocycles. The molecule has 10 nitrogen and oxygen atoms in total. The van der Waals surface area contributed by atoms with E-state index in [1.807, 2.05) is 0 Å². The number of methoxy groups -OCH3 is 1. The van der Waals surface area contributed by atoms with E-state index in [1.54, 1.807) is 30.3 Å². The van der Waals surface area contributed by atoms with Crippen LogP contribution in [0.5, 0.6) is 17.2 Å². The number of pyridine rings is 1. The van der Waals surface area contributed by atoms with Crippen molar-refractivity contribution >= 4 is 39.2 Å². The topological polar surface area (TPSA) is 118 Å². The predicted molar refractivity (Wildman–Crippen MR) is 157 cm³/mol. The molecule has 1 aromatic heterocycles. The number of esters is 1. The van der Waals surface area contributed by atoms with E-state index >= 15 is 0 Å². The summed E-state index contributed by atoms with van der Waals surface area (Å²) in [5.74, 6) is -0.321. The minimum absolute atomic E-state index is 0.0163. The molecule has 3 aromatic rings. The highest BCUT2D eigenvalue weighted by Crippen LogP contribution is 2.54. The van der Waals surface area contributed by atoms with Gasteiger partial charge in [-0.05, 0) is 49.9 Å². The number of carbonyl (C=O) groups is 1. The Morgan fingerprint density at radius 3 is 2.42 bits per heavy atom. The fourth-order valence-corrected chi connectivity index (χ4v) is 8.29. The molecule has 6 rings (SSSR count). The van der Waals surface area contributed by atoms with Crippen LogP contribution in [0.2, 0.25) is 10.0 Å². The lowest BCUT2D eigenvalue weighted by molar-refractivity contribution is -0.605. The number of benzene rings is 2. The maximum Gasteiger partial charge on any atom is 0.325 e. The number of hydrogen-bond donors (Lipinski definition) is 0. The van der Waals surface area contributed by atoms with Gasteiger partial charge in [0.25, 0.3) is 5.79 Å². The molecular weight excluding hydrogens is 619 g/mol. The van der Waals surface area contributed by atoms with Crippen LogP contribution >= 0.6 is 23.2 Å². The molecule has 13 heteroatoms. The van der Waals surface area contributed by atoms with Crippen LogP contribution in [0.4, 0.5) is 0 Å². The first-order chi connectivity index (χ1) is 20.6. The molecule has 0 N–H and O–H groups in total. The van der Waals surface area contributed by atoms with Crippen molar-refractivity contribution in [3.8, 4) is 17.2 Å². The molecule has 2 aliphatic heterocycles. The van der Waals surface area contributed by atoms with Crippen molar-refractivity contribution in [2.24, 2.45) is 0 Å². The highest BCUT2D eigenvalue weighted by atomic mass is 35.5. The Labute approximate surface area is 259 Å². The van der Waals surface area contributed by atoms with Gasteiger partial charge in [0.15, 0.2) is 23.9 Å². The lowest BCUT2D eigenvalue weighted by Gasteiger charge is -2.27. The summed E-state index contributed by atoms with van der Waals surface area (Å²) < 4.78 is 53.1. The number of halogens is 2. The summed E-state index contributed by atoms with van der Waals surface area (Å²) in [5.41, 5.74) is 0.863. The summed E-state index contributed by atoms with van der Waals surface area (Å²) >= 11 is 12.9. The van der Waals surface area contributed by atoms with E-state index in [0.29, 0.717) is 58.8 Å². The van der Waals surface area contributed by atoms with Crippen molar-refractivity contribution in [3.63, 3.8) is 0 Å². The van der Waals surface area contributed by atoms with Crippen molar-refractivity contribution in [2.45, 2.75) is 67.8 Å². The predicted octanol–water partition coefficient (Wildman–Crippen LogP) is 5.36. The fraction of sp³-hybridized carbons (Fsp3) is 0.400. The van der Waals surface area contributed by atoms with Crippen LogP contribution in [0.15, 0.2) is 59.8 Å². The second kappa shape index (κ2) is 11.7. The molecule has 43 heavy (non-hydrogen) atoms. The van der Waals surface area contributed by atoms with Gasteiger partial charge in [-0.3, -0.25) is 4.79 Å². The first-order valence-corrected chi connectivity index (χ1v) is 16.2. The third-order valence-corrected chi connectivity index (χ3v) is 10.7. The van der Waals surface area contributed by atoms with Gasteiger partial charge in [-0.2, -0.15) is 9.04 Å². The van der Waals surface area contributed by atoms with Crippen LogP contribution in [-0.2, 0) is 26.0 Å². The quantitative estimate of drug-likeness (QED) is 0.182. The van der Waals surface area contributed by atoms with Gasteiger partial charge in [0.05, 0.1) is 12.0 Å². The van der Waals surface area contributed by atoms with Crippen LogP contribution in [-0.4, -0.2) is 44.2 Å². The van der Waals surface area contributed by atoms with Gasteiger partial charge in [0.2, 0.25) is 15.8 Å². The molecule has 3 aliphatic rings. The molecule has 2 aromatic carbocycles. The van der Waals surface area contributed by atoms with Crippen molar-refractivity contribution in [2.75, 3.05) is 13.7 Å². The lowest BCUT2D eigenvalue weighted by Crippen LogP contribution is -2.41. The number of rotatable bonds is 8. The lowest BCUT2D eigenvalue weighted by atomic mass is 10.00. The van der Waals surface area contributed by atoms with Gasteiger partial charge in [-0.1, -0.05) is 41.4 Å². The Morgan fingerprint density at radius 2 is 1.74 bits per heavy atom. The van der Waals surface area contributed by atoms with Crippen LogP contribution in [0.3, 0.4) is 0 Å². The molecule has 1 saturated carbocycles. The molecule has 0 bridgehead atoms. The zero-order chi connectivity index (χ0) is 30.4.